The van der Waals surface area contributed by atoms with Crippen molar-refractivity contribution in [3.05, 3.63) is 48.4 Å². The molecule has 0 fully saturated rings. The Morgan fingerprint density at radius 1 is 1.53 bits per heavy atom. The van der Waals surface area contributed by atoms with Crippen LogP contribution in [0.25, 0.3) is 0 Å². The summed E-state index contributed by atoms with van der Waals surface area (Å²) in [6.07, 6.45) is 5.74. The fourth-order valence-electron chi connectivity index (χ4n) is 1.34. The highest BCUT2D eigenvalue weighted by molar-refractivity contribution is 5.92. The summed E-state index contributed by atoms with van der Waals surface area (Å²) in [5.74, 6) is 0.0818. The van der Waals surface area contributed by atoms with E-state index in [2.05, 4.69) is 15.3 Å². The van der Waals surface area contributed by atoms with E-state index < -0.39 is 11.9 Å². The zero-order valence-corrected chi connectivity index (χ0v) is 8.91. The molecule has 0 spiro atoms. The number of carbonyl (C=O) groups excluding carboxylic acids is 1. The van der Waals surface area contributed by atoms with Crippen LogP contribution in [-0.2, 0) is 0 Å². The molecule has 6 nitrogen and oxygen atoms in total. The van der Waals surface area contributed by atoms with Crippen molar-refractivity contribution in [3.8, 4) is 0 Å². The Balaban J connectivity index is 2.08. The molecule has 0 aliphatic heterocycles. The molecule has 1 unspecified atom stereocenters. The summed E-state index contributed by atoms with van der Waals surface area (Å²) in [6, 6.07) is 2.78. The highest BCUT2D eigenvalue weighted by Gasteiger charge is 2.17. The number of hydrogen-bond donors (Lipinski definition) is 2. The average molecular weight is 233 g/mol. The van der Waals surface area contributed by atoms with Crippen LogP contribution in [0.3, 0.4) is 0 Å². The van der Waals surface area contributed by atoms with Crippen molar-refractivity contribution in [1.82, 2.24) is 15.3 Å². The van der Waals surface area contributed by atoms with E-state index in [4.69, 9.17) is 4.42 Å². The molecule has 2 aromatic rings. The summed E-state index contributed by atoms with van der Waals surface area (Å²) in [4.78, 5) is 19.4. The predicted octanol–water partition coefficient (Wildman–Crippen LogP) is 0.533. The SMILES string of the molecule is O=C(NC(CO)c1ccco1)c1cnccn1. The predicted molar refractivity (Wildman–Crippen MR) is 58.0 cm³/mol. The molecular weight excluding hydrogens is 222 g/mol. The Morgan fingerprint density at radius 3 is 3.00 bits per heavy atom. The Labute approximate surface area is 97.3 Å². The summed E-state index contributed by atoms with van der Waals surface area (Å²) in [5.41, 5.74) is 0.192. The molecule has 2 heterocycles. The van der Waals surface area contributed by atoms with Gasteiger partial charge in [-0.1, -0.05) is 0 Å². The number of nitrogens with one attached hydrogen (secondary N) is 1. The fourth-order valence-corrected chi connectivity index (χ4v) is 1.34. The van der Waals surface area contributed by atoms with Crippen molar-refractivity contribution in [2.75, 3.05) is 6.61 Å². The molecule has 1 atom stereocenters. The third kappa shape index (κ3) is 2.67. The van der Waals surface area contributed by atoms with Crippen LogP contribution in [-0.4, -0.2) is 27.6 Å². The third-order valence-corrected chi connectivity index (χ3v) is 2.17. The summed E-state index contributed by atoms with van der Waals surface area (Å²) >= 11 is 0. The van der Waals surface area contributed by atoms with Crippen LogP contribution < -0.4 is 5.32 Å². The number of aliphatic hydroxyl groups excluding tert-OH is 1. The normalized spacial score (nSPS) is 12.1. The standard InChI is InChI=1S/C11H11N3O3/c15-7-9(10-2-1-5-17-10)14-11(16)8-6-12-3-4-13-8/h1-6,9,15H,7H2,(H,14,16). The number of aromatic nitrogens is 2. The zero-order chi connectivity index (χ0) is 12.1. The molecule has 0 bridgehead atoms. The molecule has 0 radical (unpaired) electrons. The minimum atomic E-state index is -0.584. The molecule has 1 amide bonds. The van der Waals surface area contributed by atoms with E-state index >= 15 is 0 Å². The van der Waals surface area contributed by atoms with Crippen LogP contribution in [0.4, 0.5) is 0 Å². The first kappa shape index (κ1) is 11.3. The smallest absolute Gasteiger partial charge is 0.272 e. The van der Waals surface area contributed by atoms with E-state index in [1.54, 1.807) is 12.1 Å². The van der Waals surface area contributed by atoms with Crippen molar-refractivity contribution < 1.29 is 14.3 Å². The first-order chi connectivity index (χ1) is 8.31. The average Bonchev–Trinajstić information content (AvgIpc) is 2.90. The molecular formula is C11H11N3O3. The van der Waals surface area contributed by atoms with E-state index in [-0.39, 0.29) is 12.3 Å². The Hall–Kier alpha value is -2.21. The number of aliphatic hydroxyl groups is 1. The number of rotatable bonds is 4. The van der Waals surface area contributed by atoms with Gasteiger partial charge in [-0.15, -0.1) is 0 Å². The van der Waals surface area contributed by atoms with Crippen LogP contribution in [0.1, 0.15) is 22.3 Å². The lowest BCUT2D eigenvalue weighted by atomic mass is 10.2. The molecule has 2 N–H and O–H groups in total. The van der Waals surface area contributed by atoms with Gasteiger partial charge in [-0.25, -0.2) is 4.98 Å². The van der Waals surface area contributed by atoms with Gasteiger partial charge >= 0.3 is 0 Å². The number of hydrogen-bond acceptors (Lipinski definition) is 5. The van der Waals surface area contributed by atoms with Crippen LogP contribution in [0.5, 0.6) is 0 Å². The third-order valence-electron chi connectivity index (χ3n) is 2.17. The maximum atomic E-state index is 11.7. The van der Waals surface area contributed by atoms with E-state index in [9.17, 15) is 9.90 Å². The van der Waals surface area contributed by atoms with Gasteiger partial charge in [0.1, 0.15) is 17.5 Å². The largest absolute Gasteiger partial charge is 0.467 e. The lowest BCUT2D eigenvalue weighted by Gasteiger charge is -2.13. The van der Waals surface area contributed by atoms with Crippen molar-refractivity contribution in [2.24, 2.45) is 0 Å². The fraction of sp³-hybridized carbons (Fsp3) is 0.182. The second kappa shape index (κ2) is 5.22. The molecule has 17 heavy (non-hydrogen) atoms. The van der Waals surface area contributed by atoms with Crippen LogP contribution >= 0.6 is 0 Å². The summed E-state index contributed by atoms with van der Waals surface area (Å²) < 4.78 is 5.11. The first-order valence-corrected chi connectivity index (χ1v) is 5.02. The molecule has 6 heteroatoms. The van der Waals surface area contributed by atoms with E-state index in [0.717, 1.165) is 0 Å². The Kier molecular flexibility index (Phi) is 3.46. The van der Waals surface area contributed by atoms with E-state index in [1.807, 2.05) is 0 Å². The van der Waals surface area contributed by atoms with Gasteiger partial charge in [0.2, 0.25) is 0 Å². The Morgan fingerprint density at radius 2 is 2.41 bits per heavy atom. The lowest BCUT2D eigenvalue weighted by Crippen LogP contribution is -2.31. The van der Waals surface area contributed by atoms with Crippen LogP contribution in [0, 0.1) is 0 Å². The summed E-state index contributed by atoms with van der Waals surface area (Å²) in [7, 11) is 0. The number of nitrogens with zero attached hydrogens (tertiary/aromatic N) is 2. The maximum Gasteiger partial charge on any atom is 0.272 e. The van der Waals surface area contributed by atoms with Gasteiger partial charge in [0.05, 0.1) is 19.1 Å². The molecule has 88 valence electrons. The number of furan rings is 1. The van der Waals surface area contributed by atoms with Crippen LogP contribution in [0.15, 0.2) is 41.4 Å². The topological polar surface area (TPSA) is 88.2 Å². The molecule has 2 rings (SSSR count). The van der Waals surface area contributed by atoms with Crippen LogP contribution in [0.2, 0.25) is 0 Å². The van der Waals surface area contributed by atoms with E-state index in [1.165, 1.54) is 24.9 Å². The van der Waals surface area contributed by atoms with Gasteiger partial charge in [-0.3, -0.25) is 9.78 Å². The van der Waals surface area contributed by atoms with Crippen molar-refractivity contribution in [1.29, 1.82) is 0 Å². The number of amides is 1. The monoisotopic (exact) mass is 233 g/mol. The molecule has 2 aromatic heterocycles. The van der Waals surface area contributed by atoms with Gasteiger partial charge in [-0.05, 0) is 12.1 Å². The van der Waals surface area contributed by atoms with Gasteiger partial charge in [0.15, 0.2) is 0 Å². The summed E-state index contributed by atoms with van der Waals surface area (Å²) in [6.45, 7) is -0.250. The highest BCUT2D eigenvalue weighted by Crippen LogP contribution is 2.12. The maximum absolute atomic E-state index is 11.7. The number of carbonyl (C=O) groups is 1. The second-order valence-electron chi connectivity index (χ2n) is 3.31. The quantitative estimate of drug-likeness (QED) is 0.804. The van der Waals surface area contributed by atoms with Crippen molar-refractivity contribution in [2.45, 2.75) is 6.04 Å². The summed E-state index contributed by atoms with van der Waals surface area (Å²) in [5, 5.41) is 11.8. The molecule has 0 saturated carbocycles. The zero-order valence-electron chi connectivity index (χ0n) is 8.91. The van der Waals surface area contributed by atoms with Crippen molar-refractivity contribution >= 4 is 5.91 Å². The molecule has 0 saturated heterocycles. The minimum absolute atomic E-state index is 0.192. The van der Waals surface area contributed by atoms with Gasteiger partial charge in [-0.2, -0.15) is 0 Å². The van der Waals surface area contributed by atoms with Gasteiger partial charge in [0, 0.05) is 12.4 Å². The van der Waals surface area contributed by atoms with Gasteiger partial charge in [0.25, 0.3) is 5.91 Å². The first-order valence-electron chi connectivity index (χ1n) is 5.02. The molecule has 0 aromatic carbocycles. The second-order valence-corrected chi connectivity index (χ2v) is 3.31. The lowest BCUT2D eigenvalue weighted by molar-refractivity contribution is 0.0902. The molecule has 0 aliphatic carbocycles. The highest BCUT2D eigenvalue weighted by atomic mass is 16.3. The minimum Gasteiger partial charge on any atom is -0.467 e. The molecule has 0 aliphatic rings. The van der Waals surface area contributed by atoms with E-state index in [0.29, 0.717) is 5.76 Å². The Bertz CT molecular complexity index is 470. The van der Waals surface area contributed by atoms with Crippen molar-refractivity contribution in [3.63, 3.8) is 0 Å². The van der Waals surface area contributed by atoms with Gasteiger partial charge < -0.3 is 14.8 Å².